The number of alkyl halides is 1. The van der Waals surface area contributed by atoms with E-state index in [0.717, 1.165) is 26.1 Å². The van der Waals surface area contributed by atoms with Crippen LogP contribution in [0.2, 0.25) is 0 Å². The van der Waals surface area contributed by atoms with Crippen molar-refractivity contribution >= 4 is 17.3 Å². The van der Waals surface area contributed by atoms with Crippen LogP contribution in [0.1, 0.15) is 18.4 Å². The largest absolute Gasteiger partial charge is 0.381 e. The van der Waals surface area contributed by atoms with Gasteiger partial charge in [-0.25, -0.2) is 0 Å². The molecule has 0 atom stereocenters. The van der Waals surface area contributed by atoms with E-state index in [0.29, 0.717) is 11.9 Å². The number of benzene rings is 1. The van der Waals surface area contributed by atoms with Gasteiger partial charge >= 0.3 is 0 Å². The van der Waals surface area contributed by atoms with Gasteiger partial charge in [0.05, 0.1) is 0 Å². The Morgan fingerprint density at radius 3 is 2.69 bits per heavy atom. The Kier molecular flexibility index (Phi) is 4.08. The van der Waals surface area contributed by atoms with E-state index < -0.39 is 0 Å². The lowest BCUT2D eigenvalue weighted by atomic mass is 10.1. The van der Waals surface area contributed by atoms with Gasteiger partial charge in [-0.05, 0) is 24.5 Å². The molecule has 0 aliphatic carbocycles. The van der Waals surface area contributed by atoms with Crippen molar-refractivity contribution in [3.63, 3.8) is 0 Å². The normalized spacial score (nSPS) is 17.4. The lowest BCUT2D eigenvalue weighted by Gasteiger charge is -2.34. The fourth-order valence-electron chi connectivity index (χ4n) is 2.24. The molecular weight excluding hydrogens is 222 g/mol. The topological polar surface area (TPSA) is 12.5 Å². The number of nitrogens with zero attached hydrogens (tertiary/aromatic N) is 1. The van der Waals surface area contributed by atoms with Gasteiger partial charge in [-0.3, -0.25) is 0 Å². The molecule has 1 aromatic carbocycles. The average molecular weight is 240 g/mol. The van der Waals surface area contributed by atoms with Crippen LogP contribution in [0.15, 0.2) is 24.3 Å². The average Bonchev–Trinajstić information content (AvgIpc) is 2.39. The standard InChI is InChI=1S/C13H18ClNO/c1-15(12-6-8-16-9-7-12)13-5-3-2-4-11(13)10-14/h2-5,12H,6-10H2,1H3. The molecule has 0 radical (unpaired) electrons. The Bertz CT molecular complexity index is 336. The lowest BCUT2D eigenvalue weighted by molar-refractivity contribution is 0.0854. The highest BCUT2D eigenvalue weighted by Crippen LogP contribution is 2.25. The maximum absolute atomic E-state index is 5.96. The van der Waals surface area contributed by atoms with E-state index in [1.807, 2.05) is 6.07 Å². The Hall–Kier alpha value is -0.730. The SMILES string of the molecule is CN(c1ccccc1CCl)C1CCOCC1. The minimum atomic E-state index is 0.573. The molecule has 1 aromatic rings. The fraction of sp³-hybridized carbons (Fsp3) is 0.538. The van der Waals surface area contributed by atoms with Gasteiger partial charge in [0.15, 0.2) is 0 Å². The zero-order valence-corrected chi connectivity index (χ0v) is 10.4. The van der Waals surface area contributed by atoms with Crippen molar-refractivity contribution in [3.8, 4) is 0 Å². The Morgan fingerprint density at radius 1 is 1.31 bits per heavy atom. The number of anilines is 1. The van der Waals surface area contributed by atoms with Crippen LogP contribution in [0.3, 0.4) is 0 Å². The number of rotatable bonds is 3. The number of para-hydroxylation sites is 1. The van der Waals surface area contributed by atoms with Gasteiger partial charge in [-0.2, -0.15) is 0 Å². The molecule has 1 aliphatic rings. The molecule has 3 heteroatoms. The van der Waals surface area contributed by atoms with Crippen molar-refractivity contribution in [1.82, 2.24) is 0 Å². The number of ether oxygens (including phenoxy) is 1. The van der Waals surface area contributed by atoms with Gasteiger partial charge in [0.25, 0.3) is 0 Å². The Balaban J connectivity index is 2.15. The lowest BCUT2D eigenvalue weighted by Crippen LogP contribution is -2.37. The van der Waals surface area contributed by atoms with Crippen LogP contribution < -0.4 is 4.90 Å². The highest BCUT2D eigenvalue weighted by molar-refractivity contribution is 6.17. The van der Waals surface area contributed by atoms with Gasteiger partial charge in [0.2, 0.25) is 0 Å². The van der Waals surface area contributed by atoms with Crippen LogP contribution in [0.25, 0.3) is 0 Å². The van der Waals surface area contributed by atoms with E-state index in [1.54, 1.807) is 0 Å². The summed E-state index contributed by atoms with van der Waals surface area (Å²) in [5, 5.41) is 0. The first-order valence-corrected chi connectivity index (χ1v) is 6.31. The molecule has 88 valence electrons. The molecule has 2 nitrogen and oxygen atoms in total. The van der Waals surface area contributed by atoms with Crippen molar-refractivity contribution in [2.45, 2.75) is 24.8 Å². The summed E-state index contributed by atoms with van der Waals surface area (Å²) in [5.41, 5.74) is 2.46. The molecule has 0 N–H and O–H groups in total. The fourth-order valence-corrected chi connectivity index (χ4v) is 2.46. The summed E-state index contributed by atoms with van der Waals surface area (Å²) in [6.07, 6.45) is 2.21. The first-order chi connectivity index (χ1) is 7.83. The van der Waals surface area contributed by atoms with Crippen LogP contribution in [0.4, 0.5) is 5.69 Å². The molecule has 0 saturated carbocycles. The molecule has 1 saturated heterocycles. The van der Waals surface area contributed by atoms with Crippen molar-refractivity contribution in [2.24, 2.45) is 0 Å². The summed E-state index contributed by atoms with van der Waals surface area (Å²) in [4.78, 5) is 2.35. The second-order valence-electron chi connectivity index (χ2n) is 4.22. The number of halogens is 1. The second-order valence-corrected chi connectivity index (χ2v) is 4.48. The highest BCUT2D eigenvalue weighted by Gasteiger charge is 2.19. The molecule has 0 amide bonds. The van der Waals surface area contributed by atoms with Crippen molar-refractivity contribution < 1.29 is 4.74 Å². The molecule has 0 aromatic heterocycles. The second kappa shape index (κ2) is 5.55. The zero-order chi connectivity index (χ0) is 11.4. The minimum absolute atomic E-state index is 0.573. The van der Waals surface area contributed by atoms with Crippen LogP contribution in [-0.4, -0.2) is 26.3 Å². The Labute approximate surface area is 102 Å². The molecule has 0 unspecified atom stereocenters. The van der Waals surface area contributed by atoms with Crippen LogP contribution in [0.5, 0.6) is 0 Å². The molecule has 1 heterocycles. The van der Waals surface area contributed by atoms with E-state index in [1.165, 1.54) is 11.3 Å². The van der Waals surface area contributed by atoms with Crippen LogP contribution in [0, 0.1) is 0 Å². The maximum Gasteiger partial charge on any atom is 0.0494 e. The van der Waals surface area contributed by atoms with Crippen LogP contribution >= 0.6 is 11.6 Å². The van der Waals surface area contributed by atoms with Gasteiger partial charge in [-0.15, -0.1) is 11.6 Å². The third-order valence-electron chi connectivity index (χ3n) is 3.25. The van der Waals surface area contributed by atoms with E-state index in [-0.39, 0.29) is 0 Å². The molecule has 0 spiro atoms. The highest BCUT2D eigenvalue weighted by atomic mass is 35.5. The van der Waals surface area contributed by atoms with Gasteiger partial charge in [0, 0.05) is 37.9 Å². The van der Waals surface area contributed by atoms with Crippen molar-refractivity contribution in [2.75, 3.05) is 25.2 Å². The van der Waals surface area contributed by atoms with E-state index >= 15 is 0 Å². The third-order valence-corrected chi connectivity index (χ3v) is 3.54. The Morgan fingerprint density at radius 2 is 2.00 bits per heavy atom. The summed E-state index contributed by atoms with van der Waals surface area (Å²) < 4.78 is 5.39. The molecule has 2 rings (SSSR count). The summed E-state index contributed by atoms with van der Waals surface area (Å²) in [6, 6.07) is 8.93. The first-order valence-electron chi connectivity index (χ1n) is 5.77. The van der Waals surface area contributed by atoms with E-state index in [4.69, 9.17) is 16.3 Å². The predicted molar refractivity (Wildman–Crippen MR) is 68.2 cm³/mol. The molecule has 1 fully saturated rings. The quantitative estimate of drug-likeness (QED) is 0.752. The summed E-state index contributed by atoms with van der Waals surface area (Å²) in [6.45, 7) is 1.75. The van der Waals surface area contributed by atoms with Gasteiger partial charge < -0.3 is 9.64 Å². The van der Waals surface area contributed by atoms with E-state index in [9.17, 15) is 0 Å². The van der Waals surface area contributed by atoms with E-state index in [2.05, 4.69) is 30.1 Å². The van der Waals surface area contributed by atoms with Crippen molar-refractivity contribution in [3.05, 3.63) is 29.8 Å². The minimum Gasteiger partial charge on any atom is -0.381 e. The summed E-state index contributed by atoms with van der Waals surface area (Å²) >= 11 is 5.96. The molecule has 1 aliphatic heterocycles. The maximum atomic E-state index is 5.96. The van der Waals surface area contributed by atoms with Gasteiger partial charge in [0.1, 0.15) is 0 Å². The first kappa shape index (κ1) is 11.7. The smallest absolute Gasteiger partial charge is 0.0494 e. The summed E-state index contributed by atoms with van der Waals surface area (Å²) in [5.74, 6) is 0.573. The summed E-state index contributed by atoms with van der Waals surface area (Å²) in [7, 11) is 2.15. The van der Waals surface area contributed by atoms with Crippen LogP contribution in [-0.2, 0) is 10.6 Å². The molecule has 16 heavy (non-hydrogen) atoms. The molecule has 0 bridgehead atoms. The number of hydrogen-bond acceptors (Lipinski definition) is 2. The molecular formula is C13H18ClNO. The van der Waals surface area contributed by atoms with Crippen molar-refractivity contribution in [1.29, 1.82) is 0 Å². The predicted octanol–water partition coefficient (Wildman–Crippen LogP) is 3.04. The third kappa shape index (κ3) is 2.50. The van der Waals surface area contributed by atoms with Gasteiger partial charge in [-0.1, -0.05) is 18.2 Å². The number of hydrogen-bond donors (Lipinski definition) is 0. The zero-order valence-electron chi connectivity index (χ0n) is 9.66. The monoisotopic (exact) mass is 239 g/mol.